The molecule has 0 amide bonds. The number of hydrogen-bond acceptors (Lipinski definition) is 2. The van der Waals surface area contributed by atoms with Crippen LogP contribution in [0.3, 0.4) is 0 Å². The Morgan fingerprint density at radius 1 is 1.45 bits per heavy atom. The quantitative estimate of drug-likeness (QED) is 0.658. The normalized spacial score (nSPS) is 20.1. The summed E-state index contributed by atoms with van der Waals surface area (Å²) in [5.41, 5.74) is 6.71. The van der Waals surface area contributed by atoms with Crippen molar-refractivity contribution in [1.29, 1.82) is 0 Å². The largest absolute Gasteiger partial charge is 0.327 e. The van der Waals surface area contributed by atoms with Gasteiger partial charge in [0.05, 0.1) is 0 Å². The lowest BCUT2D eigenvalue weighted by atomic mass is 9.95. The monoisotopic (exact) mass is 171 g/mol. The highest BCUT2D eigenvalue weighted by molar-refractivity contribution is 7.99. The Morgan fingerprint density at radius 3 is 2.64 bits per heavy atom. The fourth-order valence-electron chi connectivity index (χ4n) is 1.44. The second-order valence-corrected chi connectivity index (χ2v) is 4.44. The SMILES string of the molecule is C=C(CN)CC1CCSCC1. The molecule has 1 heterocycles. The van der Waals surface area contributed by atoms with E-state index in [1.807, 2.05) is 0 Å². The maximum absolute atomic E-state index is 5.48. The van der Waals surface area contributed by atoms with Crippen LogP contribution in [0.5, 0.6) is 0 Å². The van der Waals surface area contributed by atoms with Crippen LogP contribution < -0.4 is 5.73 Å². The average molecular weight is 171 g/mol. The van der Waals surface area contributed by atoms with E-state index in [2.05, 4.69) is 18.3 Å². The van der Waals surface area contributed by atoms with Crippen molar-refractivity contribution < 1.29 is 0 Å². The summed E-state index contributed by atoms with van der Waals surface area (Å²) in [4.78, 5) is 0. The highest BCUT2D eigenvalue weighted by Gasteiger charge is 2.13. The lowest BCUT2D eigenvalue weighted by Crippen LogP contribution is -2.13. The van der Waals surface area contributed by atoms with Crippen LogP contribution in [0, 0.1) is 5.92 Å². The Balaban J connectivity index is 2.19. The Hall–Kier alpha value is 0.0500. The van der Waals surface area contributed by atoms with Crippen LogP contribution in [0.25, 0.3) is 0 Å². The zero-order valence-electron chi connectivity index (χ0n) is 7.01. The van der Waals surface area contributed by atoms with Crippen molar-refractivity contribution in [2.24, 2.45) is 11.7 Å². The van der Waals surface area contributed by atoms with Crippen molar-refractivity contribution >= 4 is 11.8 Å². The summed E-state index contributed by atoms with van der Waals surface area (Å²) in [6, 6.07) is 0. The Bertz CT molecular complexity index is 128. The Labute approximate surface area is 73.4 Å². The van der Waals surface area contributed by atoms with Gasteiger partial charge in [-0.05, 0) is 36.7 Å². The van der Waals surface area contributed by atoms with E-state index in [0.717, 1.165) is 12.3 Å². The summed E-state index contributed by atoms with van der Waals surface area (Å²) in [6.45, 7) is 4.61. The summed E-state index contributed by atoms with van der Waals surface area (Å²) in [5.74, 6) is 3.55. The molecule has 0 atom stereocenters. The molecular formula is C9H17NS. The molecule has 1 aliphatic heterocycles. The zero-order valence-corrected chi connectivity index (χ0v) is 7.83. The van der Waals surface area contributed by atoms with Gasteiger partial charge in [0.25, 0.3) is 0 Å². The summed E-state index contributed by atoms with van der Waals surface area (Å²) in [7, 11) is 0. The maximum atomic E-state index is 5.48. The highest BCUT2D eigenvalue weighted by Crippen LogP contribution is 2.26. The lowest BCUT2D eigenvalue weighted by molar-refractivity contribution is 0.484. The molecule has 0 spiro atoms. The van der Waals surface area contributed by atoms with E-state index in [-0.39, 0.29) is 0 Å². The zero-order chi connectivity index (χ0) is 8.10. The Morgan fingerprint density at radius 2 is 2.09 bits per heavy atom. The van der Waals surface area contributed by atoms with E-state index in [9.17, 15) is 0 Å². The van der Waals surface area contributed by atoms with Gasteiger partial charge in [0.15, 0.2) is 0 Å². The van der Waals surface area contributed by atoms with Gasteiger partial charge in [0, 0.05) is 6.54 Å². The predicted molar refractivity (Wildman–Crippen MR) is 52.9 cm³/mol. The van der Waals surface area contributed by atoms with Crippen molar-refractivity contribution in [3.8, 4) is 0 Å². The summed E-state index contributed by atoms with van der Waals surface area (Å²) >= 11 is 2.07. The van der Waals surface area contributed by atoms with Gasteiger partial charge in [0.1, 0.15) is 0 Å². The number of rotatable bonds is 3. The number of nitrogens with two attached hydrogens (primary N) is 1. The van der Waals surface area contributed by atoms with E-state index in [0.29, 0.717) is 6.54 Å². The lowest BCUT2D eigenvalue weighted by Gasteiger charge is -2.21. The third-order valence-corrected chi connectivity index (χ3v) is 3.26. The van der Waals surface area contributed by atoms with Crippen LogP contribution in [0.15, 0.2) is 12.2 Å². The van der Waals surface area contributed by atoms with Gasteiger partial charge < -0.3 is 5.73 Å². The predicted octanol–water partition coefficient (Wildman–Crippen LogP) is 2.03. The first kappa shape index (κ1) is 9.14. The molecule has 0 aromatic carbocycles. The molecule has 64 valence electrons. The second kappa shape index (κ2) is 4.83. The average Bonchev–Trinajstić information content (AvgIpc) is 2.06. The fraction of sp³-hybridized carbons (Fsp3) is 0.778. The molecule has 0 bridgehead atoms. The molecule has 11 heavy (non-hydrogen) atoms. The van der Waals surface area contributed by atoms with E-state index in [1.54, 1.807) is 0 Å². The van der Waals surface area contributed by atoms with Crippen molar-refractivity contribution in [2.45, 2.75) is 19.3 Å². The molecule has 1 fully saturated rings. The first-order valence-electron chi connectivity index (χ1n) is 4.27. The minimum absolute atomic E-state index is 0.670. The van der Waals surface area contributed by atoms with Crippen molar-refractivity contribution in [3.05, 3.63) is 12.2 Å². The molecule has 0 aromatic heterocycles. The van der Waals surface area contributed by atoms with Crippen LogP contribution in [0.4, 0.5) is 0 Å². The standard InChI is InChI=1S/C9H17NS/c1-8(7-10)6-9-2-4-11-5-3-9/h9H,1-7,10H2. The van der Waals surface area contributed by atoms with Crippen LogP contribution in [-0.2, 0) is 0 Å². The van der Waals surface area contributed by atoms with Gasteiger partial charge in [-0.3, -0.25) is 0 Å². The molecule has 0 radical (unpaired) electrons. The molecule has 1 saturated heterocycles. The van der Waals surface area contributed by atoms with E-state index >= 15 is 0 Å². The van der Waals surface area contributed by atoms with Gasteiger partial charge in [-0.15, -0.1) is 0 Å². The second-order valence-electron chi connectivity index (χ2n) is 3.21. The molecule has 1 aliphatic rings. The minimum atomic E-state index is 0.670. The van der Waals surface area contributed by atoms with Crippen LogP contribution in [0.2, 0.25) is 0 Å². The third kappa shape index (κ3) is 3.30. The maximum Gasteiger partial charge on any atom is 0.0134 e. The summed E-state index contributed by atoms with van der Waals surface area (Å²) < 4.78 is 0. The van der Waals surface area contributed by atoms with E-state index in [4.69, 9.17) is 5.73 Å². The van der Waals surface area contributed by atoms with Gasteiger partial charge in [-0.2, -0.15) is 11.8 Å². The number of thioether (sulfide) groups is 1. The van der Waals surface area contributed by atoms with Crippen LogP contribution >= 0.6 is 11.8 Å². The molecule has 0 unspecified atom stereocenters. The van der Waals surface area contributed by atoms with E-state index < -0.39 is 0 Å². The first-order valence-corrected chi connectivity index (χ1v) is 5.43. The van der Waals surface area contributed by atoms with Crippen LogP contribution in [-0.4, -0.2) is 18.1 Å². The molecule has 2 heteroatoms. The molecule has 1 nitrogen and oxygen atoms in total. The molecule has 0 aliphatic carbocycles. The first-order chi connectivity index (χ1) is 5.33. The molecule has 0 aromatic rings. The number of hydrogen-bond donors (Lipinski definition) is 1. The van der Waals surface area contributed by atoms with Crippen LogP contribution in [0.1, 0.15) is 19.3 Å². The topological polar surface area (TPSA) is 26.0 Å². The van der Waals surface area contributed by atoms with Crippen molar-refractivity contribution in [1.82, 2.24) is 0 Å². The molecular weight excluding hydrogens is 154 g/mol. The molecule has 2 N–H and O–H groups in total. The van der Waals surface area contributed by atoms with Crippen molar-refractivity contribution in [2.75, 3.05) is 18.1 Å². The third-order valence-electron chi connectivity index (χ3n) is 2.21. The van der Waals surface area contributed by atoms with Crippen molar-refractivity contribution in [3.63, 3.8) is 0 Å². The summed E-state index contributed by atoms with van der Waals surface area (Å²) in [5, 5.41) is 0. The van der Waals surface area contributed by atoms with Gasteiger partial charge >= 0.3 is 0 Å². The Kier molecular flexibility index (Phi) is 4.02. The van der Waals surface area contributed by atoms with Gasteiger partial charge in [0.2, 0.25) is 0 Å². The van der Waals surface area contributed by atoms with Gasteiger partial charge in [-0.1, -0.05) is 12.2 Å². The highest BCUT2D eigenvalue weighted by atomic mass is 32.2. The molecule has 1 rings (SSSR count). The smallest absolute Gasteiger partial charge is 0.0134 e. The molecule has 0 saturated carbocycles. The fourth-order valence-corrected chi connectivity index (χ4v) is 2.65. The van der Waals surface area contributed by atoms with Gasteiger partial charge in [-0.25, -0.2) is 0 Å². The minimum Gasteiger partial charge on any atom is -0.327 e. The van der Waals surface area contributed by atoms with E-state index in [1.165, 1.54) is 29.9 Å². The summed E-state index contributed by atoms with van der Waals surface area (Å²) in [6.07, 6.45) is 3.89.